The Hall–Kier alpha value is -2.63. The van der Waals surface area contributed by atoms with E-state index in [-0.39, 0.29) is 11.1 Å². The summed E-state index contributed by atoms with van der Waals surface area (Å²) in [4.78, 5) is 11.7. The predicted octanol–water partition coefficient (Wildman–Crippen LogP) is 4.85. The summed E-state index contributed by atoms with van der Waals surface area (Å²) in [5.41, 5.74) is 1.26. The fraction of sp³-hybridized carbons (Fsp3) is 0.350. The molecule has 6 heteroatoms. The number of rotatable bonds is 6. The van der Waals surface area contributed by atoms with Gasteiger partial charge in [0.25, 0.3) is 0 Å². The highest BCUT2D eigenvalue weighted by molar-refractivity contribution is 5.89. The first-order chi connectivity index (χ1) is 12.3. The summed E-state index contributed by atoms with van der Waals surface area (Å²) in [7, 11) is 0. The third-order valence-corrected chi connectivity index (χ3v) is 3.78. The normalized spacial score (nSPS) is 11.1. The molecule has 0 heterocycles. The lowest BCUT2D eigenvalue weighted by molar-refractivity contribution is 0.250. The molecular formula is C20H24F2N2O2. The van der Waals surface area contributed by atoms with Crippen molar-refractivity contribution in [3.05, 3.63) is 59.7 Å². The molecule has 2 aromatic carbocycles. The Balaban J connectivity index is 1.68. The average molecular weight is 362 g/mol. The van der Waals surface area contributed by atoms with Crippen LogP contribution in [0, 0.1) is 11.6 Å². The minimum absolute atomic E-state index is 0.0703. The molecule has 0 aliphatic carbocycles. The van der Waals surface area contributed by atoms with Gasteiger partial charge in [-0.2, -0.15) is 0 Å². The molecule has 0 atom stereocenters. The first-order valence-corrected chi connectivity index (χ1v) is 8.49. The molecule has 0 saturated heterocycles. The Morgan fingerprint density at radius 3 is 2.38 bits per heavy atom. The van der Waals surface area contributed by atoms with Crippen LogP contribution in [0.3, 0.4) is 0 Å². The van der Waals surface area contributed by atoms with E-state index in [1.807, 2.05) is 24.3 Å². The molecule has 0 fully saturated rings. The molecule has 2 amide bonds. The predicted molar refractivity (Wildman–Crippen MR) is 98.6 cm³/mol. The molecular weight excluding hydrogens is 338 g/mol. The number of ether oxygens (including phenoxy) is 1. The van der Waals surface area contributed by atoms with Crippen LogP contribution in [0.4, 0.5) is 19.3 Å². The number of halogens is 2. The van der Waals surface area contributed by atoms with E-state index in [2.05, 4.69) is 31.4 Å². The van der Waals surface area contributed by atoms with Crippen molar-refractivity contribution in [1.82, 2.24) is 5.32 Å². The van der Waals surface area contributed by atoms with Crippen LogP contribution in [0.2, 0.25) is 0 Å². The summed E-state index contributed by atoms with van der Waals surface area (Å²) in [5, 5.41) is 4.93. The van der Waals surface area contributed by atoms with Crippen molar-refractivity contribution >= 4 is 11.7 Å². The highest BCUT2D eigenvalue weighted by Gasteiger charge is 2.13. The lowest BCUT2D eigenvalue weighted by Crippen LogP contribution is -2.30. The lowest BCUT2D eigenvalue weighted by Gasteiger charge is -2.19. The second kappa shape index (κ2) is 8.65. The van der Waals surface area contributed by atoms with Gasteiger partial charge in [-0.25, -0.2) is 13.6 Å². The minimum Gasteiger partial charge on any atom is -0.494 e. The SMILES string of the molecule is CC(C)(C)c1ccc(OCCCNC(=O)Nc2ccc(F)cc2F)cc1. The van der Waals surface area contributed by atoms with Crippen molar-refractivity contribution in [2.24, 2.45) is 0 Å². The number of benzene rings is 2. The van der Waals surface area contributed by atoms with Gasteiger partial charge in [-0.15, -0.1) is 0 Å². The number of anilines is 1. The van der Waals surface area contributed by atoms with Gasteiger partial charge in [0, 0.05) is 12.6 Å². The van der Waals surface area contributed by atoms with E-state index in [1.54, 1.807) is 0 Å². The van der Waals surface area contributed by atoms with Gasteiger partial charge in [-0.05, 0) is 41.7 Å². The molecule has 26 heavy (non-hydrogen) atoms. The molecule has 0 saturated carbocycles. The van der Waals surface area contributed by atoms with Crippen LogP contribution in [0.1, 0.15) is 32.8 Å². The number of amides is 2. The van der Waals surface area contributed by atoms with E-state index >= 15 is 0 Å². The topological polar surface area (TPSA) is 50.4 Å². The molecule has 0 bridgehead atoms. The van der Waals surface area contributed by atoms with Crippen LogP contribution >= 0.6 is 0 Å². The fourth-order valence-electron chi connectivity index (χ4n) is 2.27. The van der Waals surface area contributed by atoms with Crippen molar-refractivity contribution in [3.8, 4) is 5.75 Å². The quantitative estimate of drug-likeness (QED) is 0.722. The van der Waals surface area contributed by atoms with Gasteiger partial charge in [0.1, 0.15) is 17.4 Å². The Morgan fingerprint density at radius 1 is 1.08 bits per heavy atom. The van der Waals surface area contributed by atoms with Crippen LogP contribution in [0.15, 0.2) is 42.5 Å². The number of hydrogen-bond acceptors (Lipinski definition) is 2. The molecule has 2 N–H and O–H groups in total. The molecule has 0 aliphatic heterocycles. The standard InChI is InChI=1S/C20H24F2N2O2/c1-20(2,3)14-5-8-16(9-6-14)26-12-4-11-23-19(25)24-18-10-7-15(21)13-17(18)22/h5-10,13H,4,11-12H2,1-3H3,(H2,23,24,25). The highest BCUT2D eigenvalue weighted by Crippen LogP contribution is 2.24. The van der Waals surface area contributed by atoms with E-state index in [0.717, 1.165) is 11.8 Å². The van der Waals surface area contributed by atoms with E-state index in [9.17, 15) is 13.6 Å². The zero-order valence-electron chi connectivity index (χ0n) is 15.2. The van der Waals surface area contributed by atoms with Gasteiger partial charge in [0.2, 0.25) is 0 Å². The third kappa shape index (κ3) is 6.02. The average Bonchev–Trinajstić information content (AvgIpc) is 2.57. The van der Waals surface area contributed by atoms with Crippen LogP contribution in [-0.2, 0) is 5.41 Å². The zero-order chi connectivity index (χ0) is 19.2. The van der Waals surface area contributed by atoms with Crippen molar-refractivity contribution < 1.29 is 18.3 Å². The minimum atomic E-state index is -0.817. The lowest BCUT2D eigenvalue weighted by atomic mass is 9.87. The zero-order valence-corrected chi connectivity index (χ0v) is 15.2. The number of carbonyl (C=O) groups excluding carboxylic acids is 1. The molecule has 0 aromatic heterocycles. The van der Waals surface area contributed by atoms with Crippen LogP contribution < -0.4 is 15.4 Å². The molecule has 140 valence electrons. The molecule has 0 radical (unpaired) electrons. The number of carbonyl (C=O) groups is 1. The van der Waals surface area contributed by atoms with Crippen molar-refractivity contribution in [2.75, 3.05) is 18.5 Å². The van der Waals surface area contributed by atoms with Gasteiger partial charge in [-0.1, -0.05) is 32.9 Å². The number of nitrogens with one attached hydrogen (secondary N) is 2. The molecule has 2 aromatic rings. The van der Waals surface area contributed by atoms with Crippen LogP contribution in [0.5, 0.6) is 5.75 Å². The Labute approximate surface area is 152 Å². The van der Waals surface area contributed by atoms with Crippen molar-refractivity contribution in [2.45, 2.75) is 32.6 Å². The molecule has 4 nitrogen and oxygen atoms in total. The molecule has 0 aliphatic rings. The van der Waals surface area contributed by atoms with Gasteiger partial charge in [0.15, 0.2) is 0 Å². The number of hydrogen-bond donors (Lipinski definition) is 2. The van der Waals surface area contributed by atoms with Gasteiger partial charge in [0.05, 0.1) is 12.3 Å². The smallest absolute Gasteiger partial charge is 0.319 e. The largest absolute Gasteiger partial charge is 0.494 e. The van der Waals surface area contributed by atoms with Crippen molar-refractivity contribution in [1.29, 1.82) is 0 Å². The van der Waals surface area contributed by atoms with Crippen molar-refractivity contribution in [3.63, 3.8) is 0 Å². The maximum absolute atomic E-state index is 13.4. The first kappa shape index (κ1) is 19.7. The van der Waals surface area contributed by atoms with E-state index < -0.39 is 17.7 Å². The Kier molecular flexibility index (Phi) is 6.55. The fourth-order valence-corrected chi connectivity index (χ4v) is 2.27. The van der Waals surface area contributed by atoms with Gasteiger partial charge < -0.3 is 15.4 Å². The summed E-state index contributed by atoms with van der Waals surface area (Å²) in [6.45, 7) is 7.26. The van der Waals surface area contributed by atoms with E-state index in [0.29, 0.717) is 25.6 Å². The Bertz CT molecular complexity index is 740. The highest BCUT2D eigenvalue weighted by atomic mass is 19.1. The van der Waals surface area contributed by atoms with Crippen LogP contribution in [-0.4, -0.2) is 19.2 Å². The monoisotopic (exact) mass is 362 g/mol. The van der Waals surface area contributed by atoms with E-state index in [4.69, 9.17) is 4.74 Å². The third-order valence-electron chi connectivity index (χ3n) is 3.78. The molecule has 2 rings (SSSR count). The number of urea groups is 1. The maximum atomic E-state index is 13.4. The molecule has 0 unspecified atom stereocenters. The Morgan fingerprint density at radius 2 is 1.77 bits per heavy atom. The van der Waals surface area contributed by atoms with Gasteiger partial charge >= 0.3 is 6.03 Å². The summed E-state index contributed by atoms with van der Waals surface area (Å²) < 4.78 is 31.9. The summed E-state index contributed by atoms with van der Waals surface area (Å²) in [5.74, 6) is -0.737. The maximum Gasteiger partial charge on any atom is 0.319 e. The second-order valence-electron chi connectivity index (χ2n) is 6.98. The second-order valence-corrected chi connectivity index (χ2v) is 6.98. The summed E-state index contributed by atoms with van der Waals surface area (Å²) in [6, 6.07) is 10.4. The van der Waals surface area contributed by atoms with E-state index in [1.165, 1.54) is 11.6 Å². The summed E-state index contributed by atoms with van der Waals surface area (Å²) in [6.07, 6.45) is 0.598. The van der Waals surface area contributed by atoms with Gasteiger partial charge in [-0.3, -0.25) is 0 Å². The molecule has 0 spiro atoms. The first-order valence-electron chi connectivity index (χ1n) is 8.49. The summed E-state index contributed by atoms with van der Waals surface area (Å²) >= 11 is 0. The van der Waals surface area contributed by atoms with Crippen LogP contribution in [0.25, 0.3) is 0 Å².